The number of carbonyl (C=O) groups is 1. The van der Waals surface area contributed by atoms with Crippen molar-refractivity contribution in [3.05, 3.63) is 29.6 Å². The summed E-state index contributed by atoms with van der Waals surface area (Å²) < 4.78 is 13.3. The lowest BCUT2D eigenvalue weighted by Crippen LogP contribution is -2.35. The third-order valence-electron chi connectivity index (χ3n) is 3.79. The van der Waals surface area contributed by atoms with E-state index in [2.05, 4.69) is 4.90 Å². The fourth-order valence-corrected chi connectivity index (χ4v) is 2.77. The molecule has 1 heterocycles. The zero-order valence-electron chi connectivity index (χ0n) is 11.4. The molecule has 110 valence electrons. The smallest absolute Gasteiger partial charge is 0.303 e. The summed E-state index contributed by atoms with van der Waals surface area (Å²) in [6, 6.07) is 4.45. The standard InChI is InChI=1S/C15H20FNO3/c16-13-8-12(3-5-14(13)18)10-17-7-1-2-11(9-17)4-6-15(19)20/h3,5,8,11,18H,1-2,4,6-7,9-10H2,(H,19,20). The first-order valence-corrected chi connectivity index (χ1v) is 6.96. The molecule has 2 N–H and O–H groups in total. The van der Waals surface area contributed by atoms with Crippen LogP contribution in [0.1, 0.15) is 31.2 Å². The molecule has 1 fully saturated rings. The maximum Gasteiger partial charge on any atom is 0.303 e. The van der Waals surface area contributed by atoms with Crippen molar-refractivity contribution in [2.75, 3.05) is 13.1 Å². The van der Waals surface area contributed by atoms with E-state index in [-0.39, 0.29) is 12.2 Å². The average Bonchev–Trinajstić information content (AvgIpc) is 2.41. The Hall–Kier alpha value is -1.62. The van der Waals surface area contributed by atoms with Crippen molar-refractivity contribution in [2.24, 2.45) is 5.92 Å². The van der Waals surface area contributed by atoms with Crippen LogP contribution < -0.4 is 0 Å². The van der Waals surface area contributed by atoms with Crippen LogP contribution in [0.25, 0.3) is 0 Å². The van der Waals surface area contributed by atoms with E-state index in [4.69, 9.17) is 10.2 Å². The Morgan fingerprint density at radius 1 is 1.45 bits per heavy atom. The van der Waals surface area contributed by atoms with Gasteiger partial charge in [-0.25, -0.2) is 4.39 Å². The van der Waals surface area contributed by atoms with Gasteiger partial charge in [0, 0.05) is 19.5 Å². The summed E-state index contributed by atoms with van der Waals surface area (Å²) in [6.45, 7) is 2.45. The Labute approximate surface area is 117 Å². The molecule has 1 aromatic rings. The summed E-state index contributed by atoms with van der Waals surface area (Å²) in [6.07, 6.45) is 3.03. The number of rotatable bonds is 5. The van der Waals surface area contributed by atoms with Crippen LogP contribution in [0.3, 0.4) is 0 Å². The molecule has 1 saturated heterocycles. The molecule has 0 bridgehead atoms. The number of nitrogens with zero attached hydrogens (tertiary/aromatic N) is 1. The summed E-state index contributed by atoms with van der Waals surface area (Å²) >= 11 is 0. The topological polar surface area (TPSA) is 60.8 Å². The number of carboxylic acid groups (broad SMARTS) is 1. The normalized spacial score (nSPS) is 19.9. The van der Waals surface area contributed by atoms with Crippen LogP contribution in [-0.4, -0.2) is 34.2 Å². The van der Waals surface area contributed by atoms with E-state index in [0.717, 1.165) is 31.5 Å². The molecule has 20 heavy (non-hydrogen) atoms. The molecular formula is C15H20FNO3. The minimum atomic E-state index is -0.747. The highest BCUT2D eigenvalue weighted by Crippen LogP contribution is 2.23. The monoisotopic (exact) mass is 281 g/mol. The van der Waals surface area contributed by atoms with Crippen LogP contribution in [0, 0.1) is 11.7 Å². The molecule has 0 spiro atoms. The number of benzene rings is 1. The Balaban J connectivity index is 1.88. The fraction of sp³-hybridized carbons (Fsp3) is 0.533. The molecule has 1 aliphatic rings. The molecule has 0 radical (unpaired) electrons. The summed E-state index contributed by atoms with van der Waals surface area (Å²) in [4.78, 5) is 12.8. The van der Waals surface area contributed by atoms with Gasteiger partial charge in [0.2, 0.25) is 0 Å². The summed E-state index contributed by atoms with van der Waals surface area (Å²) in [7, 11) is 0. The lowest BCUT2D eigenvalue weighted by molar-refractivity contribution is -0.137. The highest BCUT2D eigenvalue weighted by Gasteiger charge is 2.20. The Kier molecular flexibility index (Phi) is 4.95. The highest BCUT2D eigenvalue weighted by atomic mass is 19.1. The van der Waals surface area contributed by atoms with Gasteiger partial charge >= 0.3 is 5.97 Å². The van der Waals surface area contributed by atoms with Gasteiger partial charge in [-0.05, 0) is 49.4 Å². The minimum Gasteiger partial charge on any atom is -0.505 e. The number of phenols is 1. The molecule has 2 rings (SSSR count). The van der Waals surface area contributed by atoms with Crippen LogP contribution in [0.15, 0.2) is 18.2 Å². The molecule has 1 unspecified atom stereocenters. The number of halogens is 1. The summed E-state index contributed by atoms with van der Waals surface area (Å²) in [5, 5.41) is 17.9. The van der Waals surface area contributed by atoms with Gasteiger partial charge in [0.25, 0.3) is 0 Å². The number of aromatic hydroxyl groups is 1. The lowest BCUT2D eigenvalue weighted by Gasteiger charge is -2.32. The van der Waals surface area contributed by atoms with Crippen molar-refractivity contribution in [1.82, 2.24) is 4.90 Å². The molecule has 1 atom stereocenters. The number of hydrogen-bond donors (Lipinski definition) is 2. The molecule has 5 heteroatoms. The van der Waals surface area contributed by atoms with Crippen molar-refractivity contribution in [1.29, 1.82) is 0 Å². The molecule has 0 aromatic heterocycles. The molecule has 1 aromatic carbocycles. The van der Waals surface area contributed by atoms with E-state index < -0.39 is 11.8 Å². The van der Waals surface area contributed by atoms with Crippen molar-refractivity contribution < 1.29 is 19.4 Å². The second-order valence-corrected chi connectivity index (χ2v) is 5.46. The van der Waals surface area contributed by atoms with Gasteiger partial charge in [-0.1, -0.05) is 6.07 Å². The number of aliphatic carboxylic acids is 1. The van der Waals surface area contributed by atoms with Crippen molar-refractivity contribution in [3.8, 4) is 5.75 Å². The number of hydrogen-bond acceptors (Lipinski definition) is 3. The number of piperidine rings is 1. The number of phenolic OH excluding ortho intramolecular Hbond substituents is 1. The zero-order valence-corrected chi connectivity index (χ0v) is 11.4. The van der Waals surface area contributed by atoms with Gasteiger partial charge in [0.1, 0.15) is 0 Å². The maximum atomic E-state index is 13.3. The highest BCUT2D eigenvalue weighted by molar-refractivity contribution is 5.66. The van der Waals surface area contributed by atoms with E-state index in [1.165, 1.54) is 12.1 Å². The Bertz CT molecular complexity index is 478. The molecular weight excluding hydrogens is 261 g/mol. The van der Waals surface area contributed by atoms with Crippen LogP contribution >= 0.6 is 0 Å². The van der Waals surface area contributed by atoms with E-state index in [0.29, 0.717) is 18.9 Å². The SMILES string of the molecule is O=C(O)CCC1CCCN(Cc2ccc(O)c(F)c2)C1. The lowest BCUT2D eigenvalue weighted by atomic mass is 9.93. The molecule has 0 saturated carbocycles. The van der Waals surface area contributed by atoms with E-state index in [1.807, 2.05) is 0 Å². The van der Waals surface area contributed by atoms with Gasteiger partial charge in [0.15, 0.2) is 11.6 Å². The fourth-order valence-electron chi connectivity index (χ4n) is 2.77. The van der Waals surface area contributed by atoms with Gasteiger partial charge in [-0.3, -0.25) is 9.69 Å². The Morgan fingerprint density at radius 3 is 2.95 bits per heavy atom. The minimum absolute atomic E-state index is 0.215. The second-order valence-electron chi connectivity index (χ2n) is 5.46. The van der Waals surface area contributed by atoms with Crippen LogP contribution in [-0.2, 0) is 11.3 Å². The third kappa shape index (κ3) is 4.20. The number of likely N-dealkylation sites (tertiary alicyclic amines) is 1. The largest absolute Gasteiger partial charge is 0.505 e. The first-order valence-electron chi connectivity index (χ1n) is 6.96. The van der Waals surface area contributed by atoms with Crippen molar-refractivity contribution in [3.63, 3.8) is 0 Å². The molecule has 1 aliphatic heterocycles. The maximum absolute atomic E-state index is 13.3. The van der Waals surface area contributed by atoms with Crippen LogP contribution in [0.5, 0.6) is 5.75 Å². The first kappa shape index (κ1) is 14.8. The zero-order chi connectivity index (χ0) is 14.5. The average molecular weight is 281 g/mol. The molecule has 0 amide bonds. The van der Waals surface area contributed by atoms with Crippen LogP contribution in [0.2, 0.25) is 0 Å². The van der Waals surface area contributed by atoms with Gasteiger partial charge in [0.05, 0.1) is 0 Å². The quantitative estimate of drug-likeness (QED) is 0.871. The van der Waals surface area contributed by atoms with Crippen LogP contribution in [0.4, 0.5) is 4.39 Å². The van der Waals surface area contributed by atoms with Gasteiger partial charge < -0.3 is 10.2 Å². The molecule has 0 aliphatic carbocycles. The van der Waals surface area contributed by atoms with Crippen molar-refractivity contribution in [2.45, 2.75) is 32.2 Å². The summed E-state index contributed by atoms with van der Waals surface area (Å²) in [5.74, 6) is -1.27. The Morgan fingerprint density at radius 2 is 2.25 bits per heavy atom. The van der Waals surface area contributed by atoms with E-state index in [9.17, 15) is 9.18 Å². The first-order chi connectivity index (χ1) is 9.54. The van der Waals surface area contributed by atoms with Gasteiger partial charge in [-0.2, -0.15) is 0 Å². The van der Waals surface area contributed by atoms with E-state index in [1.54, 1.807) is 6.07 Å². The predicted octanol–water partition coefficient (Wildman–Crippen LogP) is 2.61. The predicted molar refractivity (Wildman–Crippen MR) is 72.9 cm³/mol. The van der Waals surface area contributed by atoms with E-state index >= 15 is 0 Å². The van der Waals surface area contributed by atoms with Gasteiger partial charge in [-0.15, -0.1) is 0 Å². The third-order valence-corrected chi connectivity index (χ3v) is 3.79. The second kappa shape index (κ2) is 6.70. The summed E-state index contributed by atoms with van der Waals surface area (Å²) in [5.41, 5.74) is 0.833. The molecule has 4 nitrogen and oxygen atoms in total. The van der Waals surface area contributed by atoms with Crippen molar-refractivity contribution >= 4 is 5.97 Å². The number of carboxylic acids is 1.